The van der Waals surface area contributed by atoms with E-state index < -0.39 is 8.80 Å². The van der Waals surface area contributed by atoms with E-state index in [2.05, 4.69) is 13.8 Å². The van der Waals surface area contributed by atoms with Crippen LogP contribution in [0.5, 0.6) is 0 Å². The van der Waals surface area contributed by atoms with Gasteiger partial charge in [-0.15, -0.1) is 0 Å². The summed E-state index contributed by atoms with van der Waals surface area (Å²) in [6.07, 6.45) is 0.961. The summed E-state index contributed by atoms with van der Waals surface area (Å²) >= 11 is 0. The van der Waals surface area contributed by atoms with Crippen LogP contribution in [0.15, 0.2) is 0 Å². The Morgan fingerprint density at radius 1 is 0.941 bits per heavy atom. The summed E-state index contributed by atoms with van der Waals surface area (Å²) in [7, 11) is -2.55. The smallest absolute Gasteiger partial charge is 0.376 e. The van der Waals surface area contributed by atoms with Gasteiger partial charge >= 0.3 is 8.80 Å². The molecule has 2 bridgehead atoms. The predicted octanol–water partition coefficient (Wildman–Crippen LogP) is 1.20. The van der Waals surface area contributed by atoms with Gasteiger partial charge in [0.25, 0.3) is 0 Å². The lowest BCUT2D eigenvalue weighted by Crippen LogP contribution is -2.50. The minimum Gasteiger partial charge on any atom is -0.376 e. The molecule has 2 aliphatic heterocycles. The van der Waals surface area contributed by atoms with E-state index in [1.165, 1.54) is 0 Å². The van der Waals surface area contributed by atoms with Gasteiger partial charge in [0.15, 0.2) is 0 Å². The standard InChI is InChI=1S/C11H22O5Si/c1-10(2)17-14-4-3-11(13-6-8-16-17)9-12-5-7-15-17/h10-11H,3-9H2,1-2H3. The van der Waals surface area contributed by atoms with Crippen molar-refractivity contribution in [1.29, 1.82) is 0 Å². The van der Waals surface area contributed by atoms with E-state index in [0.717, 1.165) is 6.42 Å². The molecule has 5 nitrogen and oxygen atoms in total. The van der Waals surface area contributed by atoms with Gasteiger partial charge in [0, 0.05) is 12.1 Å². The van der Waals surface area contributed by atoms with Gasteiger partial charge in [-0.1, -0.05) is 13.8 Å². The fraction of sp³-hybridized carbons (Fsp3) is 1.00. The lowest BCUT2D eigenvalue weighted by Gasteiger charge is -2.32. The Balaban J connectivity index is 2.11. The molecule has 2 unspecified atom stereocenters. The van der Waals surface area contributed by atoms with Crippen molar-refractivity contribution in [2.45, 2.75) is 31.9 Å². The molecule has 0 spiro atoms. The molecule has 0 radical (unpaired) electrons. The number of hydrogen-bond acceptors (Lipinski definition) is 5. The highest BCUT2D eigenvalue weighted by atomic mass is 28.4. The summed E-state index contributed by atoms with van der Waals surface area (Å²) in [5, 5.41) is 0. The van der Waals surface area contributed by atoms with Gasteiger partial charge in [0.2, 0.25) is 0 Å². The van der Waals surface area contributed by atoms with Gasteiger partial charge in [-0.3, -0.25) is 0 Å². The SMILES string of the molecule is CC(C)[Si]12OCCOCC(CCO1)OCCO2. The lowest BCUT2D eigenvalue weighted by molar-refractivity contribution is -0.0342. The topological polar surface area (TPSA) is 46.2 Å². The Labute approximate surface area is 104 Å². The van der Waals surface area contributed by atoms with E-state index >= 15 is 0 Å². The first-order valence-corrected chi connectivity index (χ1v) is 8.14. The maximum atomic E-state index is 5.98. The Kier molecular flexibility index (Phi) is 4.95. The molecule has 2 fully saturated rings. The molecule has 0 aromatic carbocycles. The van der Waals surface area contributed by atoms with Gasteiger partial charge < -0.3 is 22.8 Å². The third-order valence-electron chi connectivity index (χ3n) is 3.02. The summed E-state index contributed by atoms with van der Waals surface area (Å²) in [5.74, 6) is 0. The number of fused-ring (bicyclic) bond motifs is 4. The summed E-state index contributed by atoms with van der Waals surface area (Å²) < 4.78 is 29.0. The van der Waals surface area contributed by atoms with Crippen LogP contribution in [0, 0.1) is 0 Å². The molecule has 100 valence electrons. The maximum absolute atomic E-state index is 5.98. The maximum Gasteiger partial charge on any atom is 0.503 e. The van der Waals surface area contributed by atoms with Crippen LogP contribution in [0.4, 0.5) is 0 Å². The Morgan fingerprint density at radius 3 is 2.41 bits per heavy atom. The van der Waals surface area contributed by atoms with Crippen molar-refractivity contribution in [3.05, 3.63) is 0 Å². The minimum absolute atomic E-state index is 0.119. The molecule has 0 aromatic heterocycles. The van der Waals surface area contributed by atoms with Gasteiger partial charge in [-0.25, -0.2) is 0 Å². The first-order valence-electron chi connectivity index (χ1n) is 6.34. The lowest BCUT2D eigenvalue weighted by atomic mass is 10.3. The minimum atomic E-state index is -2.55. The molecule has 2 saturated heterocycles. The molecule has 2 atom stereocenters. The van der Waals surface area contributed by atoms with E-state index in [1.54, 1.807) is 0 Å². The second kappa shape index (κ2) is 6.26. The highest BCUT2D eigenvalue weighted by Gasteiger charge is 2.46. The molecule has 0 amide bonds. The van der Waals surface area contributed by atoms with Crippen molar-refractivity contribution in [3.63, 3.8) is 0 Å². The fourth-order valence-electron chi connectivity index (χ4n) is 2.03. The van der Waals surface area contributed by atoms with Crippen molar-refractivity contribution in [2.24, 2.45) is 0 Å². The molecule has 2 heterocycles. The van der Waals surface area contributed by atoms with Crippen LogP contribution in [-0.4, -0.2) is 54.5 Å². The molecule has 0 aromatic rings. The summed E-state index contributed by atoms with van der Waals surface area (Å²) in [4.78, 5) is 0. The Hall–Kier alpha value is 0.0169. The van der Waals surface area contributed by atoms with Crippen molar-refractivity contribution >= 4 is 8.80 Å². The molecule has 0 aliphatic carbocycles. The zero-order valence-corrected chi connectivity index (χ0v) is 11.6. The van der Waals surface area contributed by atoms with Crippen LogP contribution >= 0.6 is 0 Å². The van der Waals surface area contributed by atoms with Crippen molar-refractivity contribution in [2.75, 3.05) is 39.6 Å². The molecule has 0 N–H and O–H groups in total. The zero-order valence-electron chi connectivity index (χ0n) is 10.6. The third kappa shape index (κ3) is 3.49. The van der Waals surface area contributed by atoms with E-state index in [1.807, 2.05) is 0 Å². The Morgan fingerprint density at radius 2 is 1.65 bits per heavy atom. The zero-order chi connectivity index (χ0) is 12.1. The molecular formula is C11H22O5Si. The average molecular weight is 262 g/mol. The largest absolute Gasteiger partial charge is 0.503 e. The van der Waals surface area contributed by atoms with Gasteiger partial charge in [-0.05, 0) is 6.42 Å². The third-order valence-corrected chi connectivity index (χ3v) is 6.26. The first kappa shape index (κ1) is 13.4. The van der Waals surface area contributed by atoms with Crippen LogP contribution in [0.25, 0.3) is 0 Å². The average Bonchev–Trinajstić information content (AvgIpc) is 2.38. The number of ether oxygens (including phenoxy) is 2. The van der Waals surface area contributed by atoms with Crippen molar-refractivity contribution < 1.29 is 22.8 Å². The molecule has 2 aliphatic rings. The predicted molar refractivity (Wildman–Crippen MR) is 63.9 cm³/mol. The quantitative estimate of drug-likeness (QED) is 0.665. The Bertz CT molecular complexity index is 234. The normalized spacial score (nSPS) is 36.5. The van der Waals surface area contributed by atoms with Gasteiger partial charge in [0.05, 0.1) is 39.1 Å². The summed E-state index contributed by atoms with van der Waals surface area (Å²) in [5.41, 5.74) is 0.262. The molecule has 6 heteroatoms. The van der Waals surface area contributed by atoms with Crippen LogP contribution < -0.4 is 0 Å². The molecule has 0 saturated carbocycles. The monoisotopic (exact) mass is 262 g/mol. The first-order chi connectivity index (χ1) is 8.23. The van der Waals surface area contributed by atoms with Crippen LogP contribution in [0.2, 0.25) is 5.54 Å². The summed E-state index contributed by atoms with van der Waals surface area (Å²) in [6, 6.07) is 0. The number of hydrogen-bond donors (Lipinski definition) is 0. The van der Waals surface area contributed by atoms with E-state index in [4.69, 9.17) is 22.8 Å². The highest BCUT2D eigenvalue weighted by molar-refractivity contribution is 6.62. The second-order valence-corrected chi connectivity index (χ2v) is 7.89. The van der Waals surface area contributed by atoms with E-state index in [0.29, 0.717) is 39.6 Å². The molecular weight excluding hydrogens is 240 g/mol. The van der Waals surface area contributed by atoms with Gasteiger partial charge in [0.1, 0.15) is 0 Å². The van der Waals surface area contributed by atoms with Crippen LogP contribution in [0.3, 0.4) is 0 Å². The van der Waals surface area contributed by atoms with E-state index in [-0.39, 0.29) is 11.6 Å². The van der Waals surface area contributed by atoms with Crippen molar-refractivity contribution in [3.8, 4) is 0 Å². The summed E-state index contributed by atoms with van der Waals surface area (Å²) in [6.45, 7) is 7.67. The molecule has 2 rings (SSSR count). The van der Waals surface area contributed by atoms with Gasteiger partial charge in [-0.2, -0.15) is 0 Å². The van der Waals surface area contributed by atoms with Crippen LogP contribution in [0.1, 0.15) is 20.3 Å². The van der Waals surface area contributed by atoms with Crippen LogP contribution in [-0.2, 0) is 22.8 Å². The fourth-order valence-corrected chi connectivity index (χ4v) is 4.42. The highest BCUT2D eigenvalue weighted by Crippen LogP contribution is 2.26. The number of rotatable bonds is 1. The second-order valence-electron chi connectivity index (χ2n) is 4.66. The molecule has 17 heavy (non-hydrogen) atoms. The van der Waals surface area contributed by atoms with Crippen molar-refractivity contribution in [1.82, 2.24) is 0 Å². The van der Waals surface area contributed by atoms with E-state index in [9.17, 15) is 0 Å².